The second kappa shape index (κ2) is 11.3. The maximum atomic E-state index is 14.3. The van der Waals surface area contributed by atoms with E-state index >= 15 is 0 Å². The van der Waals surface area contributed by atoms with Crippen molar-refractivity contribution in [1.82, 2.24) is 14.7 Å². The van der Waals surface area contributed by atoms with E-state index in [0.29, 0.717) is 26.2 Å². The Balaban J connectivity index is 1.49. The van der Waals surface area contributed by atoms with Gasteiger partial charge in [-0.3, -0.25) is 14.4 Å². The number of carbonyl (C=O) groups excluding carboxylic acids is 3. The van der Waals surface area contributed by atoms with Crippen LogP contribution in [0.1, 0.15) is 71.1 Å². The fourth-order valence-electron chi connectivity index (χ4n) is 7.39. The number of ether oxygens (including phenoxy) is 1. The molecule has 5 atom stereocenters. The molecule has 1 N–H and O–H groups in total. The summed E-state index contributed by atoms with van der Waals surface area (Å²) in [5.41, 5.74) is -1.12. The zero-order chi connectivity index (χ0) is 26.0. The second-order valence-corrected chi connectivity index (χ2v) is 11.4. The summed E-state index contributed by atoms with van der Waals surface area (Å²) >= 11 is 0. The van der Waals surface area contributed by atoms with Crippen LogP contribution in [-0.2, 0) is 19.1 Å². The molecule has 8 nitrogen and oxygen atoms in total. The maximum Gasteiger partial charge on any atom is 0.249 e. The first-order valence-corrected chi connectivity index (χ1v) is 14.6. The summed E-state index contributed by atoms with van der Waals surface area (Å²) < 4.78 is 6.73. The van der Waals surface area contributed by atoms with Crippen LogP contribution < -0.4 is 0 Å². The minimum Gasteiger partial charge on any atom is -0.396 e. The zero-order valence-electron chi connectivity index (χ0n) is 22.2. The molecule has 0 aromatic carbocycles. The topological polar surface area (TPSA) is 90.4 Å². The predicted molar refractivity (Wildman–Crippen MR) is 139 cm³/mol. The van der Waals surface area contributed by atoms with Crippen LogP contribution in [0.3, 0.4) is 0 Å². The smallest absolute Gasteiger partial charge is 0.249 e. The van der Waals surface area contributed by atoms with Crippen LogP contribution in [0.4, 0.5) is 0 Å². The summed E-state index contributed by atoms with van der Waals surface area (Å²) in [6.07, 6.45) is 16.9. The normalized spacial score (nSPS) is 34.0. The lowest BCUT2D eigenvalue weighted by molar-refractivity contribution is -0.150. The molecule has 0 aromatic heterocycles. The van der Waals surface area contributed by atoms with Crippen molar-refractivity contribution in [2.45, 2.75) is 94.9 Å². The number of nitrogens with zero attached hydrogens (tertiary/aromatic N) is 3. The first-order valence-electron chi connectivity index (χ1n) is 14.6. The van der Waals surface area contributed by atoms with Crippen molar-refractivity contribution in [2.24, 2.45) is 11.8 Å². The van der Waals surface area contributed by atoms with Gasteiger partial charge in [-0.25, -0.2) is 0 Å². The third-order valence-corrected chi connectivity index (χ3v) is 9.09. The molecule has 4 aliphatic heterocycles. The van der Waals surface area contributed by atoms with Crippen molar-refractivity contribution < 1.29 is 24.2 Å². The van der Waals surface area contributed by atoms with Gasteiger partial charge in [0.2, 0.25) is 17.7 Å². The van der Waals surface area contributed by atoms with Crippen LogP contribution in [0, 0.1) is 11.8 Å². The molecule has 204 valence electrons. The molecular formula is C29H43N3O5. The van der Waals surface area contributed by atoms with Gasteiger partial charge in [0, 0.05) is 38.8 Å². The Hall–Kier alpha value is -2.19. The van der Waals surface area contributed by atoms with E-state index in [9.17, 15) is 14.4 Å². The SMILES string of the molecule is CCCN1CC=C[C@H]2O[C@]34C=CCN(C5CCCCC5)C(=O)C3N(CCCCCCO)C(=O)[C@@H]4[C@H]2C1=O. The molecule has 0 bridgehead atoms. The van der Waals surface area contributed by atoms with Gasteiger partial charge in [-0.15, -0.1) is 0 Å². The number of fused-ring (bicyclic) bond motifs is 2. The number of carbonyl (C=O) groups is 3. The molecule has 4 heterocycles. The van der Waals surface area contributed by atoms with Crippen LogP contribution in [-0.4, -0.2) is 94.1 Å². The van der Waals surface area contributed by atoms with Gasteiger partial charge in [0.25, 0.3) is 0 Å². The predicted octanol–water partition coefficient (Wildman–Crippen LogP) is 2.66. The van der Waals surface area contributed by atoms with Gasteiger partial charge < -0.3 is 24.5 Å². The lowest BCUT2D eigenvalue weighted by Crippen LogP contribution is -2.57. The van der Waals surface area contributed by atoms with E-state index in [-0.39, 0.29) is 30.4 Å². The summed E-state index contributed by atoms with van der Waals surface area (Å²) in [4.78, 5) is 47.9. The highest BCUT2D eigenvalue weighted by atomic mass is 16.5. The van der Waals surface area contributed by atoms with Crippen LogP contribution in [0.5, 0.6) is 0 Å². The highest BCUT2D eigenvalue weighted by Gasteiger charge is 2.71. The van der Waals surface area contributed by atoms with Crippen LogP contribution in [0.2, 0.25) is 0 Å². The Morgan fingerprint density at radius 3 is 2.49 bits per heavy atom. The molecule has 0 radical (unpaired) electrons. The van der Waals surface area contributed by atoms with E-state index in [0.717, 1.165) is 57.8 Å². The minimum absolute atomic E-state index is 0.0265. The summed E-state index contributed by atoms with van der Waals surface area (Å²) in [5.74, 6) is -1.49. The Labute approximate surface area is 220 Å². The molecule has 1 spiro atoms. The van der Waals surface area contributed by atoms with E-state index < -0.39 is 29.6 Å². The molecule has 37 heavy (non-hydrogen) atoms. The van der Waals surface area contributed by atoms with E-state index in [1.165, 1.54) is 6.42 Å². The molecule has 5 rings (SSSR count). The molecule has 8 heteroatoms. The summed E-state index contributed by atoms with van der Waals surface area (Å²) in [7, 11) is 0. The molecule has 1 saturated carbocycles. The largest absolute Gasteiger partial charge is 0.396 e. The minimum atomic E-state index is -1.12. The number of aliphatic hydroxyl groups excluding tert-OH is 1. The molecule has 5 aliphatic rings. The number of hydrogen-bond acceptors (Lipinski definition) is 5. The van der Waals surface area contributed by atoms with Gasteiger partial charge in [-0.2, -0.15) is 0 Å². The average molecular weight is 514 g/mol. The molecular weight excluding hydrogens is 470 g/mol. The lowest BCUT2D eigenvalue weighted by atomic mass is 9.77. The Morgan fingerprint density at radius 2 is 1.73 bits per heavy atom. The third kappa shape index (κ3) is 4.65. The summed E-state index contributed by atoms with van der Waals surface area (Å²) in [6, 6.07) is -0.550. The quantitative estimate of drug-likeness (QED) is 0.378. The van der Waals surface area contributed by atoms with Gasteiger partial charge >= 0.3 is 0 Å². The molecule has 3 amide bonds. The van der Waals surface area contributed by atoms with E-state index in [2.05, 4.69) is 0 Å². The molecule has 0 aromatic rings. The van der Waals surface area contributed by atoms with Crippen molar-refractivity contribution in [3.63, 3.8) is 0 Å². The highest BCUT2D eigenvalue weighted by molar-refractivity contribution is 5.99. The monoisotopic (exact) mass is 513 g/mol. The first-order chi connectivity index (χ1) is 18.0. The van der Waals surface area contributed by atoms with Gasteiger partial charge in [0.1, 0.15) is 11.6 Å². The molecule has 1 unspecified atom stereocenters. The van der Waals surface area contributed by atoms with Gasteiger partial charge in [0.15, 0.2) is 0 Å². The van der Waals surface area contributed by atoms with Crippen LogP contribution >= 0.6 is 0 Å². The average Bonchev–Trinajstić information content (AvgIpc) is 3.21. The molecule has 3 fully saturated rings. The van der Waals surface area contributed by atoms with Gasteiger partial charge in [-0.1, -0.05) is 63.3 Å². The summed E-state index contributed by atoms with van der Waals surface area (Å²) in [5, 5.41) is 9.14. The Morgan fingerprint density at radius 1 is 0.946 bits per heavy atom. The van der Waals surface area contributed by atoms with Crippen molar-refractivity contribution in [3.8, 4) is 0 Å². The van der Waals surface area contributed by atoms with Crippen LogP contribution in [0.15, 0.2) is 24.3 Å². The number of unbranched alkanes of at least 4 members (excludes halogenated alkanes) is 3. The number of aliphatic hydroxyl groups is 1. The first kappa shape index (κ1) is 26.4. The van der Waals surface area contributed by atoms with Crippen LogP contribution in [0.25, 0.3) is 0 Å². The maximum absolute atomic E-state index is 14.3. The number of hydrogen-bond donors (Lipinski definition) is 1. The second-order valence-electron chi connectivity index (χ2n) is 11.4. The summed E-state index contributed by atoms with van der Waals surface area (Å²) in [6.45, 7) is 4.37. The van der Waals surface area contributed by atoms with Crippen molar-refractivity contribution in [1.29, 1.82) is 0 Å². The number of amides is 3. The zero-order valence-corrected chi connectivity index (χ0v) is 22.2. The number of likely N-dealkylation sites (tertiary alicyclic amines) is 1. The van der Waals surface area contributed by atoms with E-state index in [1.807, 2.05) is 41.0 Å². The van der Waals surface area contributed by atoms with Crippen molar-refractivity contribution >= 4 is 17.7 Å². The third-order valence-electron chi connectivity index (χ3n) is 9.09. The van der Waals surface area contributed by atoms with E-state index in [1.54, 1.807) is 4.90 Å². The lowest BCUT2D eigenvalue weighted by Gasteiger charge is -2.39. The molecule has 2 saturated heterocycles. The standard InChI is InChI=1S/C29H43N3O5/c1-2-16-30-17-10-14-22-23(26(30)34)24-27(35)32(18-8-3-4-9-20-33)25-28(36)31(21-12-6-5-7-13-21)19-11-15-29(24,25)37-22/h10-11,14-15,21-25,33H,2-9,12-13,16-20H2,1H3/t22-,23+,24+,25?,29+/m1/s1. The Bertz CT molecular complexity index is 929. The van der Waals surface area contributed by atoms with Crippen molar-refractivity contribution in [3.05, 3.63) is 24.3 Å². The molecule has 1 aliphatic carbocycles. The fourth-order valence-corrected chi connectivity index (χ4v) is 7.39. The Kier molecular flexibility index (Phi) is 8.05. The van der Waals surface area contributed by atoms with Gasteiger partial charge in [-0.05, 0) is 32.1 Å². The van der Waals surface area contributed by atoms with Gasteiger partial charge in [0.05, 0.1) is 17.9 Å². The van der Waals surface area contributed by atoms with Crippen molar-refractivity contribution in [2.75, 3.05) is 32.8 Å². The van der Waals surface area contributed by atoms with E-state index in [4.69, 9.17) is 9.84 Å². The highest BCUT2D eigenvalue weighted by Crippen LogP contribution is 2.53. The fraction of sp³-hybridized carbons (Fsp3) is 0.759. The number of rotatable bonds is 9.